The molecule has 0 saturated carbocycles. The first-order chi connectivity index (χ1) is 13.1. The van der Waals surface area contributed by atoms with Crippen LogP contribution in [0.1, 0.15) is 29.8 Å². The Bertz CT molecular complexity index is 936. The first kappa shape index (κ1) is 19.0. The molecule has 2 aromatic heterocycles. The van der Waals surface area contributed by atoms with Crippen molar-refractivity contribution in [1.82, 2.24) is 19.7 Å². The van der Waals surface area contributed by atoms with Crippen LogP contribution in [0.15, 0.2) is 53.9 Å². The van der Waals surface area contributed by atoms with Crippen molar-refractivity contribution in [2.75, 3.05) is 5.75 Å². The molecule has 2 heterocycles. The second-order valence-electron chi connectivity index (χ2n) is 6.05. The average molecular weight is 380 g/mol. The maximum absolute atomic E-state index is 12.3. The van der Waals surface area contributed by atoms with E-state index in [9.17, 15) is 9.59 Å². The van der Waals surface area contributed by atoms with Crippen LogP contribution in [0.3, 0.4) is 0 Å². The SMILES string of the molecule is CCn1c(SCC(=O)Cc2ccc(C(C)=O)cc2)nnc1-c1cccnc1. The molecule has 6 nitrogen and oxygen atoms in total. The molecule has 0 aliphatic heterocycles. The van der Waals surface area contributed by atoms with Crippen LogP contribution < -0.4 is 0 Å². The number of carbonyl (C=O) groups excluding carboxylic acids is 2. The number of benzene rings is 1. The van der Waals surface area contributed by atoms with Gasteiger partial charge in [-0.15, -0.1) is 10.2 Å². The molecule has 0 spiro atoms. The molecule has 0 radical (unpaired) electrons. The van der Waals surface area contributed by atoms with Gasteiger partial charge in [-0.1, -0.05) is 36.0 Å². The van der Waals surface area contributed by atoms with Crippen molar-refractivity contribution >= 4 is 23.3 Å². The van der Waals surface area contributed by atoms with Gasteiger partial charge in [-0.25, -0.2) is 0 Å². The van der Waals surface area contributed by atoms with Crippen molar-refractivity contribution in [3.63, 3.8) is 0 Å². The normalized spacial score (nSPS) is 10.7. The summed E-state index contributed by atoms with van der Waals surface area (Å²) < 4.78 is 1.98. The fourth-order valence-corrected chi connectivity index (χ4v) is 3.53. The standard InChI is InChI=1S/C20H20N4O2S/c1-3-24-19(17-5-4-10-21-12-17)22-23-20(24)27-13-18(26)11-15-6-8-16(9-7-15)14(2)25/h4-10,12H,3,11,13H2,1-2H3. The molecule has 138 valence electrons. The monoisotopic (exact) mass is 380 g/mol. The number of aromatic nitrogens is 4. The van der Waals surface area contributed by atoms with Gasteiger partial charge in [-0.3, -0.25) is 14.6 Å². The largest absolute Gasteiger partial charge is 0.302 e. The van der Waals surface area contributed by atoms with Crippen molar-refractivity contribution in [1.29, 1.82) is 0 Å². The minimum atomic E-state index is 0.0201. The van der Waals surface area contributed by atoms with Crippen molar-refractivity contribution in [2.45, 2.75) is 32.0 Å². The predicted molar refractivity (Wildman–Crippen MR) is 105 cm³/mol. The molecule has 3 aromatic rings. The van der Waals surface area contributed by atoms with Crippen LogP contribution >= 0.6 is 11.8 Å². The van der Waals surface area contributed by atoms with Crippen LogP contribution in [0.2, 0.25) is 0 Å². The molecule has 0 amide bonds. The Labute approximate surface area is 162 Å². The lowest BCUT2D eigenvalue weighted by molar-refractivity contribution is -0.116. The van der Waals surface area contributed by atoms with Gasteiger partial charge in [0.15, 0.2) is 16.8 Å². The fourth-order valence-electron chi connectivity index (χ4n) is 2.67. The molecule has 0 atom stereocenters. The molecular weight excluding hydrogens is 360 g/mol. The van der Waals surface area contributed by atoms with Crippen LogP contribution in [0.25, 0.3) is 11.4 Å². The van der Waals surface area contributed by atoms with E-state index in [0.29, 0.717) is 24.3 Å². The Balaban J connectivity index is 1.63. The van der Waals surface area contributed by atoms with E-state index < -0.39 is 0 Å². The van der Waals surface area contributed by atoms with Gasteiger partial charge in [0.05, 0.1) is 5.75 Å². The Morgan fingerprint density at radius 2 is 1.89 bits per heavy atom. The molecular formula is C20H20N4O2S. The van der Waals surface area contributed by atoms with E-state index in [4.69, 9.17) is 0 Å². The highest BCUT2D eigenvalue weighted by atomic mass is 32.2. The minimum absolute atomic E-state index is 0.0201. The van der Waals surface area contributed by atoms with Crippen molar-refractivity contribution in [2.24, 2.45) is 0 Å². The van der Waals surface area contributed by atoms with Crippen molar-refractivity contribution in [3.8, 4) is 11.4 Å². The summed E-state index contributed by atoms with van der Waals surface area (Å²) in [4.78, 5) is 27.8. The maximum Gasteiger partial charge on any atom is 0.191 e. The second-order valence-corrected chi connectivity index (χ2v) is 6.99. The second kappa shape index (κ2) is 8.73. The maximum atomic E-state index is 12.3. The van der Waals surface area contributed by atoms with Gasteiger partial charge in [-0.2, -0.15) is 0 Å². The molecule has 7 heteroatoms. The number of carbonyl (C=O) groups is 2. The highest BCUT2D eigenvalue weighted by Crippen LogP contribution is 2.23. The third-order valence-electron chi connectivity index (χ3n) is 4.08. The summed E-state index contributed by atoms with van der Waals surface area (Å²) in [5.74, 6) is 1.19. The van der Waals surface area contributed by atoms with Crippen LogP contribution in [-0.2, 0) is 17.8 Å². The summed E-state index contributed by atoms with van der Waals surface area (Å²) in [6.07, 6.45) is 3.80. The molecule has 0 aliphatic carbocycles. The average Bonchev–Trinajstić information content (AvgIpc) is 3.10. The summed E-state index contributed by atoms with van der Waals surface area (Å²) in [5.41, 5.74) is 2.45. The highest BCUT2D eigenvalue weighted by Gasteiger charge is 2.15. The van der Waals surface area contributed by atoms with E-state index in [0.717, 1.165) is 22.1 Å². The topological polar surface area (TPSA) is 77.7 Å². The quantitative estimate of drug-likeness (QED) is 0.440. The molecule has 0 N–H and O–H groups in total. The molecule has 1 aromatic carbocycles. The third kappa shape index (κ3) is 4.68. The molecule has 0 aliphatic rings. The van der Waals surface area contributed by atoms with Gasteiger partial charge in [0.25, 0.3) is 0 Å². The Hall–Kier alpha value is -2.80. The van der Waals surface area contributed by atoms with Gasteiger partial charge in [0.2, 0.25) is 0 Å². The van der Waals surface area contributed by atoms with Gasteiger partial charge in [-0.05, 0) is 31.5 Å². The predicted octanol–water partition coefficient (Wildman–Crippen LogP) is 3.47. The highest BCUT2D eigenvalue weighted by molar-refractivity contribution is 7.99. The molecule has 3 rings (SSSR count). The third-order valence-corrected chi connectivity index (χ3v) is 5.10. The number of ketones is 2. The number of thioether (sulfide) groups is 1. The zero-order chi connectivity index (χ0) is 19.2. The van der Waals surface area contributed by atoms with Crippen molar-refractivity contribution in [3.05, 3.63) is 59.9 Å². The van der Waals surface area contributed by atoms with Crippen LogP contribution in [0, 0.1) is 0 Å². The Morgan fingerprint density at radius 1 is 1.11 bits per heavy atom. The summed E-state index contributed by atoms with van der Waals surface area (Å²) in [5, 5.41) is 9.21. The summed E-state index contributed by atoms with van der Waals surface area (Å²) in [6.45, 7) is 4.26. The molecule has 27 heavy (non-hydrogen) atoms. The lowest BCUT2D eigenvalue weighted by atomic mass is 10.1. The van der Waals surface area contributed by atoms with Gasteiger partial charge >= 0.3 is 0 Å². The van der Waals surface area contributed by atoms with Gasteiger partial charge < -0.3 is 4.57 Å². The number of hydrogen-bond acceptors (Lipinski definition) is 6. The lowest BCUT2D eigenvalue weighted by Gasteiger charge is -2.07. The molecule has 0 fully saturated rings. The van der Waals surface area contributed by atoms with E-state index in [1.807, 2.05) is 35.8 Å². The van der Waals surface area contributed by atoms with Gasteiger partial charge in [0, 0.05) is 36.5 Å². The number of Topliss-reactive ketones (excluding diaryl/α,β-unsaturated/α-hetero) is 2. The Kier molecular flexibility index (Phi) is 6.13. The molecule has 0 bridgehead atoms. The first-order valence-electron chi connectivity index (χ1n) is 8.66. The first-order valence-corrected chi connectivity index (χ1v) is 9.65. The molecule has 0 unspecified atom stereocenters. The number of hydrogen-bond donors (Lipinski definition) is 0. The number of rotatable bonds is 8. The summed E-state index contributed by atoms with van der Waals surface area (Å²) in [6, 6.07) is 11.0. The number of nitrogens with zero attached hydrogens (tertiary/aromatic N) is 4. The van der Waals surface area contributed by atoms with Crippen LogP contribution in [-0.4, -0.2) is 37.1 Å². The zero-order valence-corrected chi connectivity index (χ0v) is 16.1. The number of pyridine rings is 1. The summed E-state index contributed by atoms with van der Waals surface area (Å²) in [7, 11) is 0. The van der Waals surface area contributed by atoms with E-state index >= 15 is 0 Å². The van der Waals surface area contributed by atoms with Crippen LogP contribution in [0.4, 0.5) is 0 Å². The van der Waals surface area contributed by atoms with E-state index in [1.54, 1.807) is 24.5 Å². The van der Waals surface area contributed by atoms with Gasteiger partial charge in [0.1, 0.15) is 5.78 Å². The Morgan fingerprint density at radius 3 is 2.52 bits per heavy atom. The van der Waals surface area contributed by atoms with Crippen LogP contribution in [0.5, 0.6) is 0 Å². The fraction of sp³-hybridized carbons (Fsp3) is 0.250. The molecule has 0 saturated heterocycles. The zero-order valence-electron chi connectivity index (χ0n) is 15.3. The smallest absolute Gasteiger partial charge is 0.191 e. The van der Waals surface area contributed by atoms with E-state index in [2.05, 4.69) is 15.2 Å². The van der Waals surface area contributed by atoms with Crippen molar-refractivity contribution < 1.29 is 9.59 Å². The van der Waals surface area contributed by atoms with E-state index in [1.165, 1.54) is 18.7 Å². The van der Waals surface area contributed by atoms with E-state index in [-0.39, 0.29) is 11.6 Å². The summed E-state index contributed by atoms with van der Waals surface area (Å²) >= 11 is 1.39. The lowest BCUT2D eigenvalue weighted by Crippen LogP contribution is -2.07. The minimum Gasteiger partial charge on any atom is -0.302 e.